The number of carbonyl (C=O) groups is 2. The molecule has 3 aromatic carbocycles. The number of aromatic hydroxyl groups is 1. The molecule has 0 spiro atoms. The number of anilines is 2. The van der Waals surface area contributed by atoms with Crippen LogP contribution in [-0.2, 0) is 23.8 Å². The van der Waals surface area contributed by atoms with E-state index in [2.05, 4.69) is 29.0 Å². The second-order valence-electron chi connectivity index (χ2n) is 19.2. The molecule has 7 rings (SSSR count). The van der Waals surface area contributed by atoms with Crippen LogP contribution in [0.3, 0.4) is 0 Å². The van der Waals surface area contributed by atoms with Crippen LogP contribution in [0.4, 0.5) is 11.4 Å². The minimum absolute atomic E-state index is 0.0390. The van der Waals surface area contributed by atoms with E-state index in [1.54, 1.807) is 45.9 Å². The van der Waals surface area contributed by atoms with Crippen molar-refractivity contribution in [2.45, 2.75) is 99.4 Å². The number of hydrogen-bond acceptors (Lipinski definition) is 16. The number of carbonyl (C=O) groups excluding carboxylic acids is 2. The molecular formula is C51H64N4O13. The molecule has 4 aromatic rings. The van der Waals surface area contributed by atoms with Gasteiger partial charge in [-0.1, -0.05) is 59.8 Å². The Morgan fingerprint density at radius 2 is 1.65 bits per heavy atom. The highest BCUT2D eigenvalue weighted by Crippen LogP contribution is 2.42. The molecule has 9 atom stereocenters. The van der Waals surface area contributed by atoms with Gasteiger partial charge in [0, 0.05) is 112 Å². The topological polar surface area (TPSA) is 231 Å². The van der Waals surface area contributed by atoms with Gasteiger partial charge in [-0.15, -0.1) is 0 Å². The number of aliphatic hydroxyl groups is 3. The van der Waals surface area contributed by atoms with Crippen LogP contribution in [0, 0.1) is 36.5 Å². The van der Waals surface area contributed by atoms with Crippen LogP contribution >= 0.6 is 0 Å². The molecular weight excluding hydrogens is 877 g/mol. The van der Waals surface area contributed by atoms with Gasteiger partial charge in [-0.2, -0.15) is 0 Å². The van der Waals surface area contributed by atoms with Crippen LogP contribution in [0.15, 0.2) is 62.3 Å². The zero-order valence-electron chi connectivity index (χ0n) is 40.6. The molecule has 3 aliphatic rings. The second kappa shape index (κ2) is 19.5. The maximum Gasteiger partial charge on any atom is 0.307 e. The Bertz CT molecular complexity index is 2900. The Balaban J connectivity index is 1.46. The number of nitrogens with zero attached hydrogens (tertiary/aromatic N) is 3. The van der Waals surface area contributed by atoms with E-state index in [1.165, 1.54) is 59.3 Å². The number of piperazine rings is 1. The summed E-state index contributed by atoms with van der Waals surface area (Å²) in [5.74, 6) is -6.43. The fraction of sp³-hybridized carbons (Fsp3) is 0.510. The van der Waals surface area contributed by atoms with Gasteiger partial charge < -0.3 is 54.0 Å². The van der Waals surface area contributed by atoms with E-state index in [0.717, 1.165) is 19.6 Å². The lowest BCUT2D eigenvalue weighted by Gasteiger charge is -2.38. The highest BCUT2D eigenvalue weighted by molar-refractivity contribution is 6.16. The van der Waals surface area contributed by atoms with Gasteiger partial charge in [0.15, 0.2) is 22.4 Å². The minimum atomic E-state index is -1.98. The smallest absolute Gasteiger partial charge is 0.307 e. The number of aromatic nitrogens is 1. The van der Waals surface area contributed by atoms with E-state index < -0.39 is 88.1 Å². The Kier molecular flexibility index (Phi) is 14.3. The first-order valence-electron chi connectivity index (χ1n) is 23.2. The molecule has 4 bridgehead atoms. The summed E-state index contributed by atoms with van der Waals surface area (Å²) in [5, 5.41) is 49.3. The third-order valence-electron chi connectivity index (χ3n) is 13.8. The normalized spacial score (nSPS) is 29.0. The number of nitrogens with one attached hydrogen (secondary N) is 1. The molecule has 3 aliphatic heterocycles. The second-order valence-corrected chi connectivity index (χ2v) is 19.2. The minimum Gasteiger partial charge on any atom is -0.507 e. The maximum atomic E-state index is 14.9. The Labute approximate surface area is 394 Å². The number of aliphatic hydroxyl groups excluding tert-OH is 3. The number of methoxy groups -OCH3 is 1. The van der Waals surface area contributed by atoms with E-state index in [0.29, 0.717) is 24.7 Å². The van der Waals surface area contributed by atoms with Crippen molar-refractivity contribution in [1.29, 1.82) is 0 Å². The molecule has 1 saturated heterocycles. The van der Waals surface area contributed by atoms with Crippen LogP contribution in [-0.4, -0.2) is 112 Å². The van der Waals surface area contributed by atoms with Gasteiger partial charge in [-0.05, 0) is 25.8 Å². The number of ether oxygens (including phenoxy) is 4. The van der Waals surface area contributed by atoms with Gasteiger partial charge in [-0.25, -0.2) is 4.98 Å². The summed E-state index contributed by atoms with van der Waals surface area (Å²) < 4.78 is 30.5. The number of esters is 1. The Hall–Kier alpha value is -6.01. The van der Waals surface area contributed by atoms with E-state index in [9.17, 15) is 39.6 Å². The molecule has 0 saturated carbocycles. The summed E-state index contributed by atoms with van der Waals surface area (Å²) in [6.07, 6.45) is 3.57. The van der Waals surface area contributed by atoms with Crippen LogP contribution in [0.2, 0.25) is 0 Å². The zero-order chi connectivity index (χ0) is 49.7. The molecule has 1 amide bonds. The summed E-state index contributed by atoms with van der Waals surface area (Å²) in [7, 11) is 1.45. The van der Waals surface area contributed by atoms with Crippen molar-refractivity contribution in [3.63, 3.8) is 0 Å². The fourth-order valence-corrected chi connectivity index (χ4v) is 9.76. The van der Waals surface area contributed by atoms with Crippen molar-refractivity contribution < 1.29 is 53.4 Å². The number of phenolic OH excluding ortho intramolecular Hbond substituents is 1. The highest BCUT2D eigenvalue weighted by atomic mass is 16.7. The molecule has 0 radical (unpaired) electrons. The van der Waals surface area contributed by atoms with Crippen molar-refractivity contribution in [2.24, 2.45) is 29.6 Å². The molecule has 68 heavy (non-hydrogen) atoms. The molecule has 5 N–H and O–H groups in total. The van der Waals surface area contributed by atoms with E-state index >= 15 is 0 Å². The SMILES string of the molecule is CO[C@@H]1/C=C\O[C@]2(C)Oc3c(C)c(O)c4c(=O)c(c5oc6cc(N7CCN(CC(C)C)CC7)cc(=O)c6nc5c4c3=C2O)NC(=O)/C(C)=C\C=C[C@@H](C)[C@@H](O)[C@H](C)[C@H](O)[C@H](C)[C@@H](OC(C)=O)[C@H]1C. The monoisotopic (exact) mass is 940 g/mol. The van der Waals surface area contributed by atoms with Gasteiger partial charge >= 0.3 is 11.8 Å². The van der Waals surface area contributed by atoms with E-state index in [-0.39, 0.29) is 60.8 Å². The number of benzene rings is 3. The van der Waals surface area contributed by atoms with E-state index in [1.807, 2.05) is 0 Å². The lowest BCUT2D eigenvalue weighted by molar-refractivity contribution is -0.160. The van der Waals surface area contributed by atoms with Crippen molar-refractivity contribution in [1.82, 2.24) is 9.88 Å². The predicted molar refractivity (Wildman–Crippen MR) is 259 cm³/mol. The quantitative estimate of drug-likeness (QED) is 0.0966. The summed E-state index contributed by atoms with van der Waals surface area (Å²) in [6, 6.07) is 3.16. The van der Waals surface area contributed by atoms with Crippen LogP contribution < -0.4 is 31.0 Å². The number of allylic oxidation sites excluding steroid dienone is 2. The van der Waals surface area contributed by atoms with Gasteiger partial charge in [-0.3, -0.25) is 24.1 Å². The first-order valence-corrected chi connectivity index (χ1v) is 23.2. The summed E-state index contributed by atoms with van der Waals surface area (Å²) in [5.41, 5.74) is -1.35. The van der Waals surface area contributed by atoms with Crippen LogP contribution in [0.1, 0.15) is 67.9 Å². The molecule has 17 nitrogen and oxygen atoms in total. The van der Waals surface area contributed by atoms with Gasteiger partial charge in [0.25, 0.3) is 5.91 Å². The van der Waals surface area contributed by atoms with Crippen LogP contribution in [0.25, 0.3) is 38.7 Å². The molecule has 1 aromatic heterocycles. The van der Waals surface area contributed by atoms with Crippen molar-refractivity contribution >= 4 is 62.0 Å². The third-order valence-corrected chi connectivity index (χ3v) is 13.8. The molecule has 0 aliphatic carbocycles. The van der Waals surface area contributed by atoms with Crippen LogP contribution in [0.5, 0.6) is 11.5 Å². The standard InChI is InChI=1S/C51H64N4O13/c1-24(2)23-54-16-18-55(19-17-54)32-21-33(57)39-35(22-32)67-48-40(52-39)36-37-44(60)30(8)47-38(36)49(62)51(10,68-47)65-20-15-34(64-11)27(5)46(66-31(9)56)29(7)43(59)28(6)42(58)25(3)13-12-14-26(4)50(63)53-41(48)45(37)61/h12-15,20-22,24-25,27-29,34,42-43,46,58-60,62H,16-19,23H2,1-11H3,(H,53,63)/b13-12?,20-15-,26-14-/t25-,27+,28+,29+,34-,42-,43+,46+,51-/m1/s1. The molecule has 4 heterocycles. The third kappa shape index (κ3) is 9.28. The number of fused-ring (bicyclic) bond motifs is 2. The zero-order valence-corrected chi connectivity index (χ0v) is 40.6. The molecule has 366 valence electrons. The summed E-state index contributed by atoms with van der Waals surface area (Å²) >= 11 is 0. The Morgan fingerprint density at radius 1 is 0.956 bits per heavy atom. The first-order chi connectivity index (χ1) is 32.1. The largest absolute Gasteiger partial charge is 0.507 e. The average Bonchev–Trinajstić information content (AvgIpc) is 3.56. The molecule has 0 unspecified atom stereocenters. The van der Waals surface area contributed by atoms with Crippen molar-refractivity contribution in [3.8, 4) is 11.5 Å². The Morgan fingerprint density at radius 3 is 2.29 bits per heavy atom. The fourth-order valence-electron chi connectivity index (χ4n) is 9.76. The lowest BCUT2D eigenvalue weighted by Crippen LogP contribution is -2.47. The maximum absolute atomic E-state index is 14.9. The predicted octanol–water partition coefficient (Wildman–Crippen LogP) is 5.34. The number of rotatable bonds is 5. The number of amides is 1. The van der Waals surface area contributed by atoms with Crippen molar-refractivity contribution in [2.75, 3.05) is 50.1 Å². The summed E-state index contributed by atoms with van der Waals surface area (Å²) in [6.45, 7) is 20.8. The number of phenols is 1. The van der Waals surface area contributed by atoms with Gasteiger partial charge in [0.1, 0.15) is 28.8 Å². The average molecular weight is 941 g/mol. The molecule has 17 heteroatoms. The number of hydrogen-bond donors (Lipinski definition) is 5. The lowest BCUT2D eigenvalue weighted by atomic mass is 9.78. The highest BCUT2D eigenvalue weighted by Gasteiger charge is 2.44. The first kappa shape index (κ1) is 49.9. The van der Waals surface area contributed by atoms with Crippen molar-refractivity contribution in [3.05, 3.63) is 79.5 Å². The van der Waals surface area contributed by atoms with Gasteiger partial charge in [0.2, 0.25) is 10.9 Å². The molecule has 1 fully saturated rings. The van der Waals surface area contributed by atoms with Gasteiger partial charge in [0.05, 0.1) is 35.2 Å². The summed E-state index contributed by atoms with van der Waals surface area (Å²) in [4.78, 5) is 64.7. The van der Waals surface area contributed by atoms with E-state index in [4.69, 9.17) is 28.3 Å².